The van der Waals surface area contributed by atoms with E-state index in [2.05, 4.69) is 40.0 Å². The first kappa shape index (κ1) is 16.2. The van der Waals surface area contributed by atoms with Gasteiger partial charge in [0, 0.05) is 45.0 Å². The Balaban J connectivity index is 1.42. The lowest BCUT2D eigenvalue weighted by atomic mass is 10.0. The fourth-order valence-corrected chi connectivity index (χ4v) is 3.74. The van der Waals surface area contributed by atoms with Gasteiger partial charge in [0.05, 0.1) is 0 Å². The van der Waals surface area contributed by atoms with Crippen LogP contribution in [-0.4, -0.2) is 47.4 Å². The Hall–Kier alpha value is -1.68. The molecule has 1 amide bonds. The minimum atomic E-state index is 0.346. The van der Waals surface area contributed by atoms with E-state index in [9.17, 15) is 4.79 Å². The largest absolute Gasteiger partial charge is 0.342 e. The molecule has 1 aromatic rings. The maximum Gasteiger partial charge on any atom is 0.223 e. The highest BCUT2D eigenvalue weighted by atomic mass is 16.2. The zero-order valence-electron chi connectivity index (χ0n) is 14.0. The Morgan fingerprint density at radius 2 is 2.35 bits per heavy atom. The van der Waals surface area contributed by atoms with Crippen molar-refractivity contribution in [2.45, 2.75) is 32.2 Å². The van der Waals surface area contributed by atoms with E-state index in [1.54, 1.807) is 0 Å². The number of hydrogen-bond donors (Lipinski definition) is 0. The Bertz CT molecular complexity index is 543. The van der Waals surface area contributed by atoms with Crippen LogP contribution in [0, 0.1) is 11.8 Å². The van der Waals surface area contributed by atoms with E-state index in [0.29, 0.717) is 24.2 Å². The van der Waals surface area contributed by atoms with E-state index in [-0.39, 0.29) is 0 Å². The summed E-state index contributed by atoms with van der Waals surface area (Å²) in [6.45, 7) is 3.82. The molecule has 0 radical (unpaired) electrons. The van der Waals surface area contributed by atoms with Gasteiger partial charge in [0.1, 0.15) is 0 Å². The van der Waals surface area contributed by atoms with Crippen molar-refractivity contribution in [2.24, 2.45) is 11.8 Å². The number of likely N-dealkylation sites (tertiary alicyclic amines) is 1. The minimum Gasteiger partial charge on any atom is -0.342 e. The summed E-state index contributed by atoms with van der Waals surface area (Å²) in [5.41, 5.74) is 1.24. The smallest absolute Gasteiger partial charge is 0.223 e. The van der Waals surface area contributed by atoms with E-state index in [1.165, 1.54) is 5.56 Å². The number of hydrogen-bond acceptors (Lipinski definition) is 3. The average Bonchev–Trinajstić information content (AvgIpc) is 3.20. The number of amides is 1. The molecule has 4 nitrogen and oxygen atoms in total. The topological polar surface area (TPSA) is 36.4 Å². The molecular formula is C19H27N3O. The zero-order valence-corrected chi connectivity index (χ0v) is 14.0. The van der Waals surface area contributed by atoms with Crippen LogP contribution in [0.3, 0.4) is 0 Å². The molecule has 3 rings (SSSR count). The quantitative estimate of drug-likeness (QED) is 0.758. The van der Waals surface area contributed by atoms with Crippen molar-refractivity contribution in [1.82, 2.24) is 14.8 Å². The third-order valence-corrected chi connectivity index (χ3v) is 4.93. The van der Waals surface area contributed by atoms with Gasteiger partial charge in [0.15, 0.2) is 0 Å². The summed E-state index contributed by atoms with van der Waals surface area (Å²) < 4.78 is 0. The molecule has 2 atom stereocenters. The van der Waals surface area contributed by atoms with Gasteiger partial charge in [0.2, 0.25) is 5.91 Å². The van der Waals surface area contributed by atoms with Crippen LogP contribution in [0.4, 0.5) is 0 Å². The molecule has 2 heterocycles. The highest BCUT2D eigenvalue weighted by Crippen LogP contribution is 2.24. The molecule has 124 valence electrons. The van der Waals surface area contributed by atoms with E-state index in [1.807, 2.05) is 18.5 Å². The summed E-state index contributed by atoms with van der Waals surface area (Å²) in [5.74, 6) is 1.42. The molecular weight excluding hydrogens is 286 g/mol. The minimum absolute atomic E-state index is 0.346. The summed E-state index contributed by atoms with van der Waals surface area (Å²) in [4.78, 5) is 21.0. The lowest BCUT2D eigenvalue weighted by Gasteiger charge is -2.22. The highest BCUT2D eigenvalue weighted by Gasteiger charge is 2.28. The van der Waals surface area contributed by atoms with Crippen LogP contribution in [0.15, 0.2) is 36.7 Å². The normalized spacial score (nSPS) is 23.8. The number of aromatic nitrogens is 1. The van der Waals surface area contributed by atoms with Gasteiger partial charge in [-0.05, 0) is 49.8 Å². The molecule has 0 aromatic carbocycles. The van der Waals surface area contributed by atoms with Crippen molar-refractivity contribution in [3.8, 4) is 0 Å². The molecule has 4 heteroatoms. The Kier molecular flexibility index (Phi) is 5.44. The molecule has 0 saturated carbocycles. The summed E-state index contributed by atoms with van der Waals surface area (Å²) in [6.07, 6.45) is 12.3. The van der Waals surface area contributed by atoms with Crippen molar-refractivity contribution in [3.05, 3.63) is 42.2 Å². The second kappa shape index (κ2) is 7.73. The van der Waals surface area contributed by atoms with Crippen molar-refractivity contribution in [1.29, 1.82) is 0 Å². The summed E-state index contributed by atoms with van der Waals surface area (Å²) >= 11 is 0. The van der Waals surface area contributed by atoms with E-state index >= 15 is 0 Å². The SMILES string of the molecule is CN(Cc1cccnc1)C[C@@H]1CCN(C(=O)C[C@@H]2C=CCC2)C1. The van der Waals surface area contributed by atoms with Crippen LogP contribution in [0.5, 0.6) is 0 Å². The van der Waals surface area contributed by atoms with Gasteiger partial charge in [0.25, 0.3) is 0 Å². The first-order valence-corrected chi connectivity index (χ1v) is 8.72. The van der Waals surface area contributed by atoms with Crippen LogP contribution < -0.4 is 0 Å². The number of rotatable bonds is 6. The van der Waals surface area contributed by atoms with Crippen molar-refractivity contribution >= 4 is 5.91 Å². The molecule has 1 aromatic heterocycles. The summed E-state index contributed by atoms with van der Waals surface area (Å²) in [7, 11) is 2.15. The fourth-order valence-electron chi connectivity index (χ4n) is 3.74. The standard InChI is InChI=1S/C19H27N3O/c1-21(13-17-7-4-9-20-12-17)14-18-8-10-22(15-18)19(23)11-16-5-2-3-6-16/h2,4-5,7,9,12,16,18H,3,6,8,10-11,13-15H2,1H3/t16-,18+/m1/s1. The molecule has 1 aliphatic carbocycles. The number of pyridine rings is 1. The molecule has 1 fully saturated rings. The van der Waals surface area contributed by atoms with Gasteiger partial charge >= 0.3 is 0 Å². The Morgan fingerprint density at radius 3 is 3.09 bits per heavy atom. The van der Waals surface area contributed by atoms with Gasteiger partial charge < -0.3 is 9.80 Å². The maximum atomic E-state index is 12.4. The molecule has 23 heavy (non-hydrogen) atoms. The van der Waals surface area contributed by atoms with Crippen LogP contribution in [-0.2, 0) is 11.3 Å². The third kappa shape index (κ3) is 4.64. The molecule has 0 spiro atoms. The lowest BCUT2D eigenvalue weighted by Crippen LogP contribution is -2.32. The van der Waals surface area contributed by atoms with Crippen LogP contribution in [0.2, 0.25) is 0 Å². The van der Waals surface area contributed by atoms with Gasteiger partial charge in [-0.2, -0.15) is 0 Å². The van der Waals surface area contributed by atoms with Crippen molar-refractivity contribution in [3.63, 3.8) is 0 Å². The average molecular weight is 313 g/mol. The Morgan fingerprint density at radius 1 is 1.43 bits per heavy atom. The highest BCUT2D eigenvalue weighted by molar-refractivity contribution is 5.77. The van der Waals surface area contributed by atoms with E-state index < -0.39 is 0 Å². The van der Waals surface area contributed by atoms with E-state index in [0.717, 1.165) is 45.4 Å². The molecule has 0 bridgehead atoms. The molecule has 1 saturated heterocycles. The van der Waals surface area contributed by atoms with Gasteiger partial charge in [-0.1, -0.05) is 18.2 Å². The van der Waals surface area contributed by atoms with Crippen molar-refractivity contribution < 1.29 is 4.79 Å². The van der Waals surface area contributed by atoms with Gasteiger partial charge in [-0.15, -0.1) is 0 Å². The number of carbonyl (C=O) groups is 1. The third-order valence-electron chi connectivity index (χ3n) is 4.93. The predicted octanol–water partition coefficient (Wildman–Crippen LogP) is 2.72. The lowest BCUT2D eigenvalue weighted by molar-refractivity contribution is -0.131. The molecule has 0 unspecified atom stereocenters. The number of allylic oxidation sites excluding steroid dienone is 2. The van der Waals surface area contributed by atoms with Crippen molar-refractivity contribution in [2.75, 3.05) is 26.7 Å². The predicted molar refractivity (Wildman–Crippen MR) is 91.7 cm³/mol. The van der Waals surface area contributed by atoms with Gasteiger partial charge in [-0.3, -0.25) is 9.78 Å². The number of carbonyl (C=O) groups excluding carboxylic acids is 1. The molecule has 0 N–H and O–H groups in total. The van der Waals surface area contributed by atoms with Crippen LogP contribution in [0.25, 0.3) is 0 Å². The monoisotopic (exact) mass is 313 g/mol. The number of nitrogens with zero attached hydrogens (tertiary/aromatic N) is 3. The maximum absolute atomic E-state index is 12.4. The zero-order chi connectivity index (χ0) is 16.1. The van der Waals surface area contributed by atoms with Crippen LogP contribution in [0.1, 0.15) is 31.2 Å². The fraction of sp³-hybridized carbons (Fsp3) is 0.579. The second-order valence-electron chi connectivity index (χ2n) is 7.02. The molecule has 1 aliphatic heterocycles. The van der Waals surface area contributed by atoms with Crippen LogP contribution >= 0.6 is 0 Å². The van der Waals surface area contributed by atoms with Gasteiger partial charge in [-0.25, -0.2) is 0 Å². The summed E-state index contributed by atoms with van der Waals surface area (Å²) in [5, 5.41) is 0. The first-order valence-electron chi connectivity index (χ1n) is 8.72. The first-order chi connectivity index (χ1) is 11.2. The second-order valence-corrected chi connectivity index (χ2v) is 7.02. The summed E-state index contributed by atoms with van der Waals surface area (Å²) in [6, 6.07) is 4.10. The molecule has 2 aliphatic rings. The Labute approximate surface area is 139 Å². The van der Waals surface area contributed by atoms with E-state index in [4.69, 9.17) is 0 Å².